The van der Waals surface area contributed by atoms with E-state index in [0.29, 0.717) is 44.2 Å². The molecule has 1 heterocycles. The third-order valence-electron chi connectivity index (χ3n) is 5.50. The number of likely N-dealkylation sites (N-methyl/N-ethyl adjacent to an activating group) is 1. The average molecular weight is 338 g/mol. The van der Waals surface area contributed by atoms with Crippen molar-refractivity contribution in [1.29, 1.82) is 0 Å². The normalized spacial score (nSPS) is 25.3. The molecule has 1 aliphatic heterocycles. The highest BCUT2D eigenvalue weighted by Crippen LogP contribution is 2.31. The molecule has 2 fully saturated rings. The number of carbonyl (C=O) groups excluding carboxylic acids is 2. The quantitative estimate of drug-likeness (QED) is 0.831. The molecule has 1 N–H and O–H groups in total. The first-order chi connectivity index (χ1) is 11.4. The molecule has 0 spiro atoms. The van der Waals surface area contributed by atoms with Crippen molar-refractivity contribution in [2.45, 2.75) is 51.9 Å². The molecule has 0 aromatic carbocycles. The van der Waals surface area contributed by atoms with E-state index in [9.17, 15) is 14.4 Å². The molecule has 2 aliphatic rings. The number of hydrogen-bond acceptors (Lipinski definition) is 3. The Hall–Kier alpha value is -1.59. The summed E-state index contributed by atoms with van der Waals surface area (Å²) in [7, 11) is 1.69. The molecule has 6 heteroatoms. The van der Waals surface area contributed by atoms with E-state index in [1.807, 2.05) is 0 Å². The third-order valence-corrected chi connectivity index (χ3v) is 5.50. The summed E-state index contributed by atoms with van der Waals surface area (Å²) >= 11 is 0. The summed E-state index contributed by atoms with van der Waals surface area (Å²) in [5.41, 5.74) is 0. The topological polar surface area (TPSA) is 77.9 Å². The molecule has 2 atom stereocenters. The fourth-order valence-electron chi connectivity index (χ4n) is 3.91. The number of rotatable bonds is 5. The van der Waals surface area contributed by atoms with E-state index in [-0.39, 0.29) is 24.3 Å². The molecule has 136 valence electrons. The summed E-state index contributed by atoms with van der Waals surface area (Å²) in [5, 5.41) is 9.00. The Kier molecular flexibility index (Phi) is 6.63. The highest BCUT2D eigenvalue weighted by atomic mass is 16.4. The van der Waals surface area contributed by atoms with Gasteiger partial charge < -0.3 is 14.9 Å². The van der Waals surface area contributed by atoms with Crippen molar-refractivity contribution in [2.75, 3.05) is 26.7 Å². The van der Waals surface area contributed by atoms with Gasteiger partial charge in [-0.2, -0.15) is 0 Å². The smallest absolute Gasteiger partial charge is 0.306 e. The third kappa shape index (κ3) is 5.21. The minimum atomic E-state index is -0.781. The molecule has 1 aliphatic carbocycles. The lowest BCUT2D eigenvalue weighted by molar-refractivity contribution is -0.146. The van der Waals surface area contributed by atoms with Crippen LogP contribution in [0, 0.1) is 17.8 Å². The van der Waals surface area contributed by atoms with Gasteiger partial charge >= 0.3 is 5.97 Å². The minimum Gasteiger partial charge on any atom is -0.481 e. The van der Waals surface area contributed by atoms with Gasteiger partial charge in [0.05, 0.1) is 12.5 Å². The van der Waals surface area contributed by atoms with Crippen LogP contribution in [0.1, 0.15) is 51.9 Å². The van der Waals surface area contributed by atoms with Crippen molar-refractivity contribution < 1.29 is 19.5 Å². The van der Waals surface area contributed by atoms with Crippen molar-refractivity contribution in [3.8, 4) is 0 Å². The number of amides is 2. The average Bonchev–Trinajstić information content (AvgIpc) is 2.54. The molecule has 0 aromatic rings. The van der Waals surface area contributed by atoms with Crippen molar-refractivity contribution >= 4 is 17.8 Å². The van der Waals surface area contributed by atoms with Crippen LogP contribution >= 0.6 is 0 Å². The maximum absolute atomic E-state index is 12.4. The molecule has 0 radical (unpaired) electrons. The van der Waals surface area contributed by atoms with Gasteiger partial charge in [-0.05, 0) is 37.5 Å². The molecular weight excluding hydrogens is 308 g/mol. The number of carbonyl (C=O) groups is 3. The monoisotopic (exact) mass is 338 g/mol. The zero-order chi connectivity index (χ0) is 17.7. The lowest BCUT2D eigenvalue weighted by Crippen LogP contribution is -2.45. The predicted molar refractivity (Wildman–Crippen MR) is 90.3 cm³/mol. The van der Waals surface area contributed by atoms with Gasteiger partial charge in [0.15, 0.2) is 0 Å². The molecule has 24 heavy (non-hydrogen) atoms. The zero-order valence-electron chi connectivity index (χ0n) is 14.9. The summed E-state index contributed by atoms with van der Waals surface area (Å²) in [6, 6.07) is 0. The number of carboxylic acids is 1. The van der Waals surface area contributed by atoms with Crippen LogP contribution in [-0.4, -0.2) is 59.4 Å². The van der Waals surface area contributed by atoms with Crippen molar-refractivity contribution in [1.82, 2.24) is 9.80 Å². The maximum atomic E-state index is 12.4. The molecule has 2 amide bonds. The van der Waals surface area contributed by atoms with Crippen LogP contribution in [0.4, 0.5) is 0 Å². The van der Waals surface area contributed by atoms with Crippen LogP contribution in [0.15, 0.2) is 0 Å². The minimum absolute atomic E-state index is 0.0443. The zero-order valence-corrected chi connectivity index (χ0v) is 14.9. The van der Waals surface area contributed by atoms with Crippen LogP contribution in [-0.2, 0) is 14.4 Å². The van der Waals surface area contributed by atoms with E-state index in [2.05, 4.69) is 6.92 Å². The standard InChI is InChI=1S/C18H30N2O4/c1-13-4-3-5-14(10-13)11-16(21)19(2)12-17(22)20-8-6-15(7-9-20)18(23)24/h13-15H,3-12H2,1-2H3,(H,23,24). The first-order valence-electron chi connectivity index (χ1n) is 9.11. The van der Waals surface area contributed by atoms with E-state index in [1.54, 1.807) is 11.9 Å². The van der Waals surface area contributed by atoms with Crippen LogP contribution in [0.2, 0.25) is 0 Å². The molecule has 0 aromatic heterocycles. The van der Waals surface area contributed by atoms with E-state index >= 15 is 0 Å². The number of nitrogens with zero attached hydrogens (tertiary/aromatic N) is 2. The van der Waals surface area contributed by atoms with Gasteiger partial charge in [-0.15, -0.1) is 0 Å². The van der Waals surface area contributed by atoms with Crippen LogP contribution in [0.5, 0.6) is 0 Å². The summed E-state index contributed by atoms with van der Waals surface area (Å²) in [5.74, 6) is -0.0171. The van der Waals surface area contributed by atoms with Crippen molar-refractivity contribution in [2.24, 2.45) is 17.8 Å². The molecule has 2 rings (SSSR count). The van der Waals surface area contributed by atoms with Crippen LogP contribution < -0.4 is 0 Å². The lowest BCUT2D eigenvalue weighted by atomic mass is 9.80. The number of aliphatic carboxylic acids is 1. The Morgan fingerprint density at radius 1 is 1.12 bits per heavy atom. The molecule has 6 nitrogen and oxygen atoms in total. The SMILES string of the molecule is CC1CCCC(CC(=O)N(C)CC(=O)N2CCC(C(=O)O)CC2)C1. The van der Waals surface area contributed by atoms with E-state index in [0.717, 1.165) is 12.8 Å². The van der Waals surface area contributed by atoms with Gasteiger partial charge in [0, 0.05) is 26.6 Å². The van der Waals surface area contributed by atoms with Crippen LogP contribution in [0.25, 0.3) is 0 Å². The number of piperidine rings is 1. The van der Waals surface area contributed by atoms with Gasteiger partial charge in [-0.1, -0.05) is 19.8 Å². The van der Waals surface area contributed by atoms with Gasteiger partial charge in [0.25, 0.3) is 0 Å². The van der Waals surface area contributed by atoms with E-state index < -0.39 is 5.97 Å². The van der Waals surface area contributed by atoms with Gasteiger partial charge in [-0.3, -0.25) is 14.4 Å². The van der Waals surface area contributed by atoms with E-state index in [1.165, 1.54) is 17.7 Å². The fraction of sp³-hybridized carbons (Fsp3) is 0.833. The second kappa shape index (κ2) is 8.49. The Labute approximate surface area is 144 Å². The van der Waals surface area contributed by atoms with Crippen LogP contribution in [0.3, 0.4) is 0 Å². The van der Waals surface area contributed by atoms with E-state index in [4.69, 9.17) is 5.11 Å². The first-order valence-corrected chi connectivity index (χ1v) is 9.11. The fourth-order valence-corrected chi connectivity index (χ4v) is 3.91. The molecule has 2 unspecified atom stereocenters. The Morgan fingerprint density at radius 2 is 1.79 bits per heavy atom. The number of hydrogen-bond donors (Lipinski definition) is 1. The second-order valence-corrected chi connectivity index (χ2v) is 7.59. The molecule has 1 saturated heterocycles. The first kappa shape index (κ1) is 18.7. The Morgan fingerprint density at radius 3 is 2.38 bits per heavy atom. The molecular formula is C18H30N2O4. The lowest BCUT2D eigenvalue weighted by Gasteiger charge is -2.32. The largest absolute Gasteiger partial charge is 0.481 e. The highest BCUT2D eigenvalue weighted by Gasteiger charge is 2.28. The summed E-state index contributed by atoms with van der Waals surface area (Å²) in [6.07, 6.45) is 6.20. The second-order valence-electron chi connectivity index (χ2n) is 7.59. The number of likely N-dealkylation sites (tertiary alicyclic amines) is 1. The van der Waals surface area contributed by atoms with Crippen molar-refractivity contribution in [3.63, 3.8) is 0 Å². The van der Waals surface area contributed by atoms with Crippen molar-refractivity contribution in [3.05, 3.63) is 0 Å². The Balaban J connectivity index is 1.74. The summed E-state index contributed by atoms with van der Waals surface area (Å²) in [6.45, 7) is 3.28. The van der Waals surface area contributed by atoms with Gasteiger partial charge in [0.1, 0.15) is 0 Å². The molecule has 1 saturated carbocycles. The Bertz CT molecular complexity index is 472. The summed E-state index contributed by atoms with van der Waals surface area (Å²) in [4.78, 5) is 38.8. The maximum Gasteiger partial charge on any atom is 0.306 e. The predicted octanol–water partition coefficient (Wildman–Crippen LogP) is 1.98. The highest BCUT2D eigenvalue weighted by molar-refractivity contribution is 5.85. The van der Waals surface area contributed by atoms with Gasteiger partial charge in [0.2, 0.25) is 11.8 Å². The molecule has 0 bridgehead atoms. The summed E-state index contributed by atoms with van der Waals surface area (Å²) < 4.78 is 0. The number of carboxylic acid groups (broad SMARTS) is 1. The van der Waals surface area contributed by atoms with Gasteiger partial charge in [-0.25, -0.2) is 0 Å².